The van der Waals surface area contributed by atoms with E-state index in [9.17, 15) is 67.6 Å². The van der Waals surface area contributed by atoms with Crippen molar-refractivity contribution < 1.29 is 75.7 Å². The minimum Gasteiger partial charge on any atom is -0.400 e. The van der Waals surface area contributed by atoms with Crippen LogP contribution in [0.15, 0.2) is 93.5 Å². The number of aromatic amines is 4. The minimum absolute atomic E-state index is 0.0608. The van der Waals surface area contributed by atoms with Crippen molar-refractivity contribution in [3.8, 4) is 0 Å². The Morgan fingerprint density at radius 3 is 1.33 bits per heavy atom. The summed E-state index contributed by atoms with van der Waals surface area (Å²) in [5, 5.41) is 55.3. The van der Waals surface area contributed by atoms with Crippen molar-refractivity contribution in [2.45, 2.75) is 148 Å². The predicted molar refractivity (Wildman–Crippen MR) is 324 cm³/mol. The Labute approximate surface area is 525 Å². The molecule has 88 heavy (non-hydrogen) atoms. The molecule has 496 valence electrons. The van der Waals surface area contributed by atoms with Gasteiger partial charge in [-0.05, 0) is 47.1 Å². The average molecular weight is 1400 g/mol. The van der Waals surface area contributed by atoms with E-state index in [0.717, 1.165) is 11.9 Å². The number of rotatable bonds is 14. The van der Waals surface area contributed by atoms with Gasteiger partial charge in [0.05, 0.1) is 76.3 Å². The third kappa shape index (κ3) is 24.2. The summed E-state index contributed by atoms with van der Waals surface area (Å²) >= 11 is 6.17. The lowest BCUT2D eigenvalue weighted by Gasteiger charge is -2.15. The number of hydrogen-bond acceptors (Lipinski definition) is 21. The number of halogens is 4. The van der Waals surface area contributed by atoms with E-state index in [2.05, 4.69) is 74.1 Å². The van der Waals surface area contributed by atoms with Crippen LogP contribution >= 0.6 is 31.9 Å². The van der Waals surface area contributed by atoms with Crippen LogP contribution in [-0.4, -0.2) is 190 Å². The molecule has 0 radical (unpaired) electrons. The number of hydrogen-bond donors (Lipinski definition) is 11. The predicted octanol–water partition coefficient (Wildman–Crippen LogP) is 0.158. The molecule has 8 heterocycles. The standard InChI is InChI=1S/C12H17FN2O5.C10H14N2O5.2C10H14N2O4.C9H11BrO.C2H4BrF.2CH4O/c1-7-5-15(12(18)14-11(7)17)10-4-8(19-3-2-13)9(6-16)20-10;1-5-3-12(10(16)11-9(5)15)8-2-6(14)7(4-13)17-8;2*1-5-4-12(10(15)11-9(5)14)8-3-7(13)6(2)16-8;10-6-7-11-8-9-4-2-1-3-5-9;3-1-2-4;2*1-2/h5,8-10,16H,2-4,6H2,1H3,(H,14,17,18);3,6-8,13-14H,2,4H2,1H3,(H,11,15,16);2*4,6-8,13H,3H2,1-2H3,(H,11,14,15);1-5H,6-8H2;1-2H2;2*2H,1H3/t8-,9-,10-;3*6-,7-,8-;;;;/m1111..../s1/i;;2T;2D;;;2T;2D. The third-order valence-electron chi connectivity index (χ3n) is 12.8. The minimum atomic E-state index is -0.816. The maximum Gasteiger partial charge on any atom is 0.330 e. The van der Waals surface area contributed by atoms with Crippen molar-refractivity contribution in [3.63, 3.8) is 0 Å². The summed E-state index contributed by atoms with van der Waals surface area (Å²) in [7, 11) is 2.58. The molecule has 11 N–H and O–H groups in total. The lowest BCUT2D eigenvalue weighted by molar-refractivity contribution is -0.0635. The summed E-state index contributed by atoms with van der Waals surface area (Å²) in [5.41, 5.74) is -1.27. The highest BCUT2D eigenvalue weighted by atomic mass is 79.9. The second kappa shape index (κ2) is 40.8. The van der Waals surface area contributed by atoms with E-state index in [0.29, 0.717) is 40.6 Å². The van der Waals surface area contributed by atoms with E-state index in [1.54, 1.807) is 27.7 Å². The van der Waals surface area contributed by atoms with Crippen LogP contribution in [0.5, 0.6) is 0 Å². The monoisotopic (exact) mass is 1390 g/mol. The molecule has 0 aliphatic carbocycles. The fourth-order valence-electron chi connectivity index (χ4n) is 8.25. The maximum atomic E-state index is 12.1. The summed E-state index contributed by atoms with van der Waals surface area (Å²) in [6.45, 7) is 6.11. The second-order valence-corrected chi connectivity index (χ2v) is 20.7. The van der Waals surface area contributed by atoms with Crippen molar-refractivity contribution >= 4 is 31.9 Å². The summed E-state index contributed by atoms with van der Waals surface area (Å²) < 4.78 is 85.8. The summed E-state index contributed by atoms with van der Waals surface area (Å²) in [5.74, 6) is 0. The van der Waals surface area contributed by atoms with E-state index >= 15 is 0 Å². The number of aliphatic hydroxyl groups excluding tert-OH is 7. The number of aliphatic hydroxyl groups is 7. The molecule has 29 nitrogen and oxygen atoms in total. The normalized spacial score (nSPS) is 24.5. The highest BCUT2D eigenvalue weighted by Gasteiger charge is 2.38. The third-order valence-corrected chi connectivity index (χ3v) is 13.4. The van der Waals surface area contributed by atoms with Crippen LogP contribution in [0.2, 0.25) is 0 Å². The van der Waals surface area contributed by atoms with E-state index in [1.165, 1.54) is 62.8 Å². The zero-order chi connectivity index (χ0) is 69.2. The average Bonchev–Trinajstić information content (AvgIpc) is 1.64. The molecule has 12 atom stereocenters. The Morgan fingerprint density at radius 2 is 0.989 bits per heavy atom. The van der Waals surface area contributed by atoms with Gasteiger partial charge in [-0.2, -0.15) is 0 Å². The van der Waals surface area contributed by atoms with E-state index in [4.69, 9.17) is 39.1 Å². The van der Waals surface area contributed by atoms with Crippen LogP contribution in [0.1, 0.15) is 95.0 Å². The SMILES string of the molecule is BrCCOCc1ccccc1.Cc1cn([C@H]2C[C@@H](O)[C@@H](CO)O2)c(=O)[nH]c1=O.Cc1cn([C@H]2C[C@@H](OCCF)[C@@H](CO)O2)c(=O)[nH]c1=O.FCCBr.[2H]C[C@H]1O[C@@H](n2cc(C)c(=O)[nH]c2=O)C[C@H]1O.[2H]OC.[3H]C[C@H]1O[C@@H](n2cc(C)c(=O)[nH]c2=O)C[C@H]1O.[3H]OC. The van der Waals surface area contributed by atoms with Gasteiger partial charge in [0.15, 0.2) is 0 Å². The van der Waals surface area contributed by atoms with Crippen LogP contribution in [0.25, 0.3) is 0 Å². The summed E-state index contributed by atoms with van der Waals surface area (Å²) in [6.07, 6.45) is -1.25. The molecule has 0 bridgehead atoms. The van der Waals surface area contributed by atoms with E-state index < -0.39 is 125 Å². The Bertz CT molecular complexity index is 3190. The van der Waals surface area contributed by atoms with Gasteiger partial charge >= 0.3 is 22.8 Å². The molecule has 4 fully saturated rings. The van der Waals surface area contributed by atoms with Gasteiger partial charge in [-0.3, -0.25) is 61.8 Å². The molecule has 4 aliphatic rings. The number of H-pyrrole nitrogens is 4. The van der Waals surface area contributed by atoms with E-state index in [-0.39, 0.29) is 59.6 Å². The Balaban J connectivity index is 0.000000380. The molecular weight excluding hydrogens is 1310 g/mol. The molecule has 4 saturated heterocycles. The highest BCUT2D eigenvalue weighted by molar-refractivity contribution is 9.09. The van der Waals surface area contributed by atoms with Gasteiger partial charge in [-0.25, -0.2) is 23.6 Å². The van der Waals surface area contributed by atoms with Crippen molar-refractivity contribution in [2.24, 2.45) is 0 Å². The van der Waals surface area contributed by atoms with Gasteiger partial charge in [0, 0.05) is 100 Å². The van der Waals surface area contributed by atoms with Crippen molar-refractivity contribution in [1.29, 1.82) is 2.86 Å². The summed E-state index contributed by atoms with van der Waals surface area (Å²) in [4.78, 5) is 100. The molecular formula is C55H82Br2F2N8O21. The fourth-order valence-corrected chi connectivity index (χ4v) is 8.48. The maximum absolute atomic E-state index is 12.1. The molecule has 0 spiro atoms. The Morgan fingerprint density at radius 1 is 0.614 bits per heavy atom. The highest BCUT2D eigenvalue weighted by Crippen LogP contribution is 2.31. The molecule has 0 amide bonds. The molecule has 5 aromatic rings. The summed E-state index contributed by atoms with van der Waals surface area (Å²) in [6, 6.07) is 10.2. The van der Waals surface area contributed by atoms with Gasteiger partial charge in [0.25, 0.3) is 22.2 Å². The lowest BCUT2D eigenvalue weighted by Crippen LogP contribution is -2.33. The number of aromatic nitrogens is 8. The smallest absolute Gasteiger partial charge is 0.330 e. The van der Waals surface area contributed by atoms with Crippen LogP contribution in [0.3, 0.4) is 0 Å². The van der Waals surface area contributed by atoms with Crippen LogP contribution in [-0.2, 0) is 35.0 Å². The van der Waals surface area contributed by atoms with Gasteiger partial charge in [0.1, 0.15) is 43.8 Å². The Hall–Kier alpha value is -5.76. The number of benzene rings is 1. The van der Waals surface area contributed by atoms with Crippen molar-refractivity contribution in [2.75, 3.05) is 64.7 Å². The first-order valence-electron chi connectivity index (χ1n) is 29.3. The molecule has 4 aliphatic heterocycles. The molecule has 33 heteroatoms. The number of nitrogens with one attached hydrogen (secondary N) is 4. The molecule has 0 saturated carbocycles. The van der Waals surface area contributed by atoms with Crippen LogP contribution < -0.4 is 45.0 Å². The molecule has 1 aromatic carbocycles. The molecule has 9 rings (SSSR count). The van der Waals surface area contributed by atoms with Crippen molar-refractivity contribution in [1.82, 2.24) is 38.2 Å². The molecule has 4 aromatic heterocycles. The van der Waals surface area contributed by atoms with Crippen LogP contribution in [0, 0.1) is 27.7 Å². The number of nitrogens with zero attached hydrogens (tertiary/aromatic N) is 4. The lowest BCUT2D eigenvalue weighted by atomic mass is 10.2. The van der Waals surface area contributed by atoms with Gasteiger partial charge in [-0.1, -0.05) is 62.2 Å². The van der Waals surface area contributed by atoms with Crippen molar-refractivity contribution in [3.05, 3.63) is 166 Å². The first-order chi connectivity index (χ1) is 43.8. The second-order valence-electron chi connectivity index (χ2n) is 19.1. The fraction of sp³-hybridized carbons (Fsp3) is 0.600. The zero-order valence-electron chi connectivity index (χ0n) is 53.3. The zero-order valence-corrected chi connectivity index (χ0v) is 52.5. The number of ether oxygens (including phenoxy) is 6. The van der Waals surface area contributed by atoms with Crippen LogP contribution in [0.4, 0.5) is 8.78 Å². The number of alkyl halides is 4. The first-order valence-corrected chi connectivity index (χ1v) is 29.3. The first kappa shape index (κ1) is 71.3. The Kier molecular flexibility index (Phi) is 33.1. The topological polar surface area (TPSA) is 416 Å². The number of aryl methyl sites for hydroxylation is 4. The quantitative estimate of drug-likeness (QED) is 0.0521. The van der Waals surface area contributed by atoms with E-state index in [1.807, 2.05) is 18.2 Å². The van der Waals surface area contributed by atoms with Gasteiger partial charge in [-0.15, -0.1) is 0 Å². The molecule has 0 unspecified atom stereocenters. The van der Waals surface area contributed by atoms with Gasteiger partial charge in [0.2, 0.25) is 2.86 Å². The van der Waals surface area contributed by atoms with Gasteiger partial charge < -0.3 is 64.2 Å². The largest absolute Gasteiger partial charge is 0.400 e.